The van der Waals surface area contributed by atoms with Crippen LogP contribution in [-0.4, -0.2) is 60.3 Å². The molecule has 0 aromatic carbocycles. The van der Waals surface area contributed by atoms with Gasteiger partial charge in [0.2, 0.25) is 5.82 Å². The van der Waals surface area contributed by atoms with E-state index in [1.807, 2.05) is 0 Å². The number of hydrogen-bond acceptors (Lipinski definition) is 9. The van der Waals surface area contributed by atoms with Gasteiger partial charge in [-0.1, -0.05) is 11.8 Å². The van der Waals surface area contributed by atoms with Gasteiger partial charge in [0.05, 0.1) is 22.5 Å². The van der Waals surface area contributed by atoms with Crippen LogP contribution in [0.15, 0.2) is 5.16 Å². The van der Waals surface area contributed by atoms with Crippen molar-refractivity contribution in [3.05, 3.63) is 10.1 Å². The molecular formula is C12H18N4O5S2. The van der Waals surface area contributed by atoms with Gasteiger partial charge in [0.15, 0.2) is 15.0 Å². The lowest BCUT2D eigenvalue weighted by Crippen LogP contribution is -2.41. The number of nitro groups is 1. The molecule has 1 aliphatic rings. The largest absolute Gasteiger partial charge is 0.470 e. The second kappa shape index (κ2) is 6.87. The van der Waals surface area contributed by atoms with E-state index in [1.54, 1.807) is 25.0 Å². The van der Waals surface area contributed by atoms with Crippen molar-refractivity contribution in [2.75, 3.05) is 35.8 Å². The summed E-state index contributed by atoms with van der Waals surface area (Å²) in [5.41, 5.74) is -0.323. The molecule has 1 aromatic rings. The SMILES string of the molecule is CSc1nc(OC(C)C)c([N+](=O)[O-])c(N2CCS(=O)(=O)CC2)n1. The molecule has 11 heteroatoms. The lowest BCUT2D eigenvalue weighted by atomic mass is 10.3. The van der Waals surface area contributed by atoms with Crippen molar-refractivity contribution in [2.45, 2.75) is 25.1 Å². The molecule has 0 spiro atoms. The summed E-state index contributed by atoms with van der Waals surface area (Å²) in [6.45, 7) is 3.82. The average Bonchev–Trinajstić information content (AvgIpc) is 2.45. The van der Waals surface area contributed by atoms with E-state index in [4.69, 9.17) is 4.74 Å². The Labute approximate surface area is 138 Å². The van der Waals surface area contributed by atoms with Crippen molar-refractivity contribution >= 4 is 33.1 Å². The second-order valence-electron chi connectivity index (χ2n) is 5.25. The first kappa shape index (κ1) is 17.7. The molecular weight excluding hydrogens is 344 g/mol. The molecule has 1 fully saturated rings. The quantitative estimate of drug-likeness (QED) is 0.329. The van der Waals surface area contributed by atoms with Gasteiger partial charge in [-0.3, -0.25) is 10.1 Å². The van der Waals surface area contributed by atoms with Crippen LogP contribution in [0, 0.1) is 10.1 Å². The topological polar surface area (TPSA) is 116 Å². The lowest BCUT2D eigenvalue weighted by Gasteiger charge is -2.27. The Hall–Kier alpha value is -1.62. The first-order valence-electron chi connectivity index (χ1n) is 6.96. The average molecular weight is 362 g/mol. The Kier molecular flexibility index (Phi) is 5.30. The van der Waals surface area contributed by atoms with Gasteiger partial charge < -0.3 is 9.64 Å². The molecule has 0 amide bonds. The number of sulfone groups is 1. The molecule has 0 unspecified atom stereocenters. The molecule has 1 aromatic heterocycles. The van der Waals surface area contributed by atoms with E-state index in [1.165, 1.54) is 11.8 Å². The van der Waals surface area contributed by atoms with Crippen molar-refractivity contribution in [3.63, 3.8) is 0 Å². The van der Waals surface area contributed by atoms with Gasteiger partial charge in [-0.05, 0) is 20.1 Å². The standard InChI is InChI=1S/C12H18N4O5S2/c1-8(2)21-11-9(16(17)18)10(13-12(14-11)22-3)15-4-6-23(19,20)7-5-15/h8H,4-7H2,1-3H3. The molecule has 2 rings (SSSR count). The predicted molar refractivity (Wildman–Crippen MR) is 87.1 cm³/mol. The summed E-state index contributed by atoms with van der Waals surface area (Å²) in [6.07, 6.45) is 1.47. The maximum Gasteiger partial charge on any atom is 0.373 e. The predicted octanol–water partition coefficient (Wildman–Crippen LogP) is 1.13. The lowest BCUT2D eigenvalue weighted by molar-refractivity contribution is -0.385. The molecule has 0 bridgehead atoms. The molecule has 2 heterocycles. The van der Waals surface area contributed by atoms with Crippen LogP contribution in [-0.2, 0) is 9.84 Å². The van der Waals surface area contributed by atoms with Crippen LogP contribution in [0.5, 0.6) is 5.88 Å². The molecule has 0 saturated carbocycles. The van der Waals surface area contributed by atoms with Gasteiger partial charge in [-0.15, -0.1) is 0 Å². The molecule has 1 aliphatic heterocycles. The first-order valence-corrected chi connectivity index (χ1v) is 10.0. The fourth-order valence-corrected chi connectivity index (χ4v) is 3.66. The number of ether oxygens (including phenoxy) is 1. The third-order valence-electron chi connectivity index (χ3n) is 3.17. The zero-order chi connectivity index (χ0) is 17.2. The zero-order valence-electron chi connectivity index (χ0n) is 13.1. The van der Waals surface area contributed by atoms with E-state index in [9.17, 15) is 18.5 Å². The normalized spacial score (nSPS) is 17.3. The number of hydrogen-bond donors (Lipinski definition) is 0. The molecule has 0 aliphatic carbocycles. The number of thioether (sulfide) groups is 1. The Morgan fingerprint density at radius 3 is 2.39 bits per heavy atom. The van der Waals surface area contributed by atoms with Gasteiger partial charge in [-0.25, -0.2) is 8.42 Å². The van der Waals surface area contributed by atoms with Crippen LogP contribution in [0.4, 0.5) is 11.5 Å². The van der Waals surface area contributed by atoms with E-state index < -0.39 is 14.8 Å². The minimum atomic E-state index is -3.09. The summed E-state index contributed by atoms with van der Waals surface area (Å²) in [4.78, 5) is 20.8. The summed E-state index contributed by atoms with van der Waals surface area (Å²) in [7, 11) is -3.09. The van der Waals surface area contributed by atoms with Crippen LogP contribution >= 0.6 is 11.8 Å². The minimum absolute atomic E-state index is 0.0525. The smallest absolute Gasteiger partial charge is 0.373 e. The van der Waals surface area contributed by atoms with Crippen LogP contribution in [0.25, 0.3) is 0 Å². The highest BCUT2D eigenvalue weighted by Crippen LogP contribution is 2.37. The van der Waals surface area contributed by atoms with Gasteiger partial charge >= 0.3 is 11.6 Å². The first-order chi connectivity index (χ1) is 10.7. The van der Waals surface area contributed by atoms with E-state index in [2.05, 4.69) is 9.97 Å². The molecule has 0 atom stereocenters. The fraction of sp³-hybridized carbons (Fsp3) is 0.667. The van der Waals surface area contributed by atoms with Gasteiger partial charge in [0, 0.05) is 13.1 Å². The summed E-state index contributed by atoms with van der Waals surface area (Å²) < 4.78 is 28.6. The Bertz CT molecular complexity index is 694. The van der Waals surface area contributed by atoms with E-state index in [0.717, 1.165) is 0 Å². The number of nitrogens with zero attached hydrogens (tertiary/aromatic N) is 4. The Morgan fingerprint density at radius 2 is 1.91 bits per heavy atom. The minimum Gasteiger partial charge on any atom is -0.470 e. The summed E-state index contributed by atoms with van der Waals surface area (Å²) >= 11 is 1.24. The molecule has 23 heavy (non-hydrogen) atoms. The highest BCUT2D eigenvalue weighted by molar-refractivity contribution is 7.98. The monoisotopic (exact) mass is 362 g/mol. The third kappa shape index (κ3) is 4.22. The zero-order valence-corrected chi connectivity index (χ0v) is 14.7. The van der Waals surface area contributed by atoms with E-state index >= 15 is 0 Å². The Morgan fingerprint density at radius 1 is 1.30 bits per heavy atom. The van der Waals surface area contributed by atoms with Crippen LogP contribution in [0.3, 0.4) is 0 Å². The Balaban J connectivity index is 2.50. The molecule has 128 valence electrons. The number of anilines is 1. The number of rotatable bonds is 5. The van der Waals surface area contributed by atoms with Crippen LogP contribution in [0.2, 0.25) is 0 Å². The highest BCUT2D eigenvalue weighted by Gasteiger charge is 2.33. The molecule has 9 nitrogen and oxygen atoms in total. The molecule has 0 N–H and O–H groups in total. The molecule has 0 radical (unpaired) electrons. The van der Waals surface area contributed by atoms with Crippen molar-refractivity contribution in [2.24, 2.45) is 0 Å². The maximum absolute atomic E-state index is 11.6. The van der Waals surface area contributed by atoms with Crippen LogP contribution < -0.4 is 9.64 Å². The van der Waals surface area contributed by atoms with Crippen molar-refractivity contribution in [1.29, 1.82) is 0 Å². The third-order valence-corrected chi connectivity index (χ3v) is 5.33. The summed E-state index contributed by atoms with van der Waals surface area (Å²) in [5.74, 6) is -0.0839. The van der Waals surface area contributed by atoms with Gasteiger partial charge in [0.1, 0.15) is 0 Å². The van der Waals surface area contributed by atoms with E-state index in [-0.39, 0.29) is 48.1 Å². The second-order valence-corrected chi connectivity index (χ2v) is 8.33. The van der Waals surface area contributed by atoms with E-state index in [0.29, 0.717) is 5.16 Å². The van der Waals surface area contributed by atoms with Crippen molar-refractivity contribution < 1.29 is 18.1 Å². The van der Waals surface area contributed by atoms with Gasteiger partial charge in [-0.2, -0.15) is 9.97 Å². The van der Waals surface area contributed by atoms with Crippen molar-refractivity contribution in [1.82, 2.24) is 9.97 Å². The summed E-state index contributed by atoms with van der Waals surface area (Å²) in [6, 6.07) is 0. The van der Waals surface area contributed by atoms with Crippen LogP contribution in [0.1, 0.15) is 13.8 Å². The van der Waals surface area contributed by atoms with Crippen molar-refractivity contribution in [3.8, 4) is 5.88 Å². The summed E-state index contributed by atoms with van der Waals surface area (Å²) in [5, 5.41) is 11.8. The molecule has 1 saturated heterocycles. The highest BCUT2D eigenvalue weighted by atomic mass is 32.2. The fourth-order valence-electron chi connectivity index (χ4n) is 2.11. The maximum atomic E-state index is 11.6. The number of aromatic nitrogens is 2. The van der Waals surface area contributed by atoms with Gasteiger partial charge in [0.25, 0.3) is 0 Å².